The zero-order chi connectivity index (χ0) is 9.94. The van der Waals surface area contributed by atoms with Crippen molar-refractivity contribution in [3.05, 3.63) is 0 Å². The van der Waals surface area contributed by atoms with Crippen LogP contribution in [0.3, 0.4) is 0 Å². The minimum atomic E-state index is -2.70. The summed E-state index contributed by atoms with van der Waals surface area (Å²) in [7, 11) is 0. The fraction of sp³-hybridized carbons (Fsp3) is 0.600. The monoisotopic (exact) mass is 196 g/mol. The second-order valence-corrected chi connectivity index (χ2v) is 3.76. The second kappa shape index (κ2) is 3.63. The van der Waals surface area contributed by atoms with E-state index in [-0.39, 0.29) is 0 Å². The standard InChI is InChI=1S/C5H8O6S/c1-5(4(8)9,12(10)11)2-3(6)7/h2H2,1H3,(H,6,7)(H,8,9)(H,10,11). The summed E-state index contributed by atoms with van der Waals surface area (Å²) in [4.78, 5) is 20.5. The quantitative estimate of drug-likeness (QED) is 0.524. The summed E-state index contributed by atoms with van der Waals surface area (Å²) >= 11 is -2.70. The van der Waals surface area contributed by atoms with E-state index in [4.69, 9.17) is 14.8 Å². The summed E-state index contributed by atoms with van der Waals surface area (Å²) in [5.74, 6) is -3.03. The fourth-order valence-corrected chi connectivity index (χ4v) is 0.897. The van der Waals surface area contributed by atoms with Crippen LogP contribution in [0, 0.1) is 0 Å². The summed E-state index contributed by atoms with van der Waals surface area (Å²) in [6, 6.07) is 0. The summed E-state index contributed by atoms with van der Waals surface area (Å²) in [6.45, 7) is 0.902. The van der Waals surface area contributed by atoms with Crippen molar-refractivity contribution < 1.29 is 28.6 Å². The Morgan fingerprint density at radius 2 is 1.83 bits per heavy atom. The molecule has 0 fully saturated rings. The molecular weight excluding hydrogens is 188 g/mol. The molecular formula is C5H8O6S. The summed E-state index contributed by atoms with van der Waals surface area (Å²) in [6.07, 6.45) is -0.883. The highest BCUT2D eigenvalue weighted by Gasteiger charge is 2.42. The molecule has 0 amide bonds. The normalized spacial score (nSPS) is 17.8. The van der Waals surface area contributed by atoms with Gasteiger partial charge in [0.25, 0.3) is 0 Å². The third-order valence-electron chi connectivity index (χ3n) is 1.33. The Kier molecular flexibility index (Phi) is 3.35. The van der Waals surface area contributed by atoms with Gasteiger partial charge in [-0.05, 0) is 6.92 Å². The average molecular weight is 196 g/mol. The Hall–Kier alpha value is -0.950. The van der Waals surface area contributed by atoms with Gasteiger partial charge in [-0.3, -0.25) is 9.59 Å². The molecule has 0 aromatic heterocycles. The van der Waals surface area contributed by atoms with E-state index < -0.39 is 34.2 Å². The molecule has 0 aliphatic rings. The van der Waals surface area contributed by atoms with Crippen molar-refractivity contribution in [3.8, 4) is 0 Å². The topological polar surface area (TPSA) is 112 Å². The molecule has 2 atom stereocenters. The lowest BCUT2D eigenvalue weighted by Gasteiger charge is -2.17. The van der Waals surface area contributed by atoms with Crippen LogP contribution in [-0.2, 0) is 20.7 Å². The molecule has 0 saturated carbocycles. The minimum absolute atomic E-state index is 0.883. The van der Waals surface area contributed by atoms with Crippen molar-refractivity contribution in [3.63, 3.8) is 0 Å². The van der Waals surface area contributed by atoms with Gasteiger partial charge in [-0.2, -0.15) is 0 Å². The Balaban J connectivity index is 4.75. The molecule has 0 aliphatic heterocycles. The number of carboxylic acids is 2. The smallest absolute Gasteiger partial charge is 0.325 e. The van der Waals surface area contributed by atoms with Gasteiger partial charge in [0, 0.05) is 0 Å². The first-order valence-corrected chi connectivity index (χ1v) is 3.97. The Morgan fingerprint density at radius 1 is 1.42 bits per heavy atom. The largest absolute Gasteiger partial charge is 0.481 e. The first-order chi connectivity index (χ1) is 5.30. The van der Waals surface area contributed by atoms with Gasteiger partial charge in [0.1, 0.15) is 0 Å². The van der Waals surface area contributed by atoms with Crippen LogP contribution in [0.1, 0.15) is 13.3 Å². The van der Waals surface area contributed by atoms with Gasteiger partial charge in [-0.1, -0.05) is 0 Å². The molecule has 0 heterocycles. The SMILES string of the molecule is CC(CC(=O)O)(C(=O)O)S(=O)O. The summed E-state index contributed by atoms with van der Waals surface area (Å²) < 4.78 is 16.9. The molecule has 7 heteroatoms. The molecule has 0 saturated heterocycles. The van der Waals surface area contributed by atoms with Crippen LogP contribution >= 0.6 is 0 Å². The fourth-order valence-electron chi connectivity index (χ4n) is 0.501. The highest BCUT2D eigenvalue weighted by Crippen LogP contribution is 2.17. The third-order valence-corrected chi connectivity index (χ3v) is 2.42. The van der Waals surface area contributed by atoms with Crippen LogP contribution < -0.4 is 0 Å². The zero-order valence-electron chi connectivity index (χ0n) is 6.18. The predicted molar refractivity (Wildman–Crippen MR) is 39.1 cm³/mol. The molecule has 6 nitrogen and oxygen atoms in total. The molecule has 0 bridgehead atoms. The molecule has 0 aromatic rings. The predicted octanol–water partition coefficient (Wildman–Crippen LogP) is -0.474. The molecule has 12 heavy (non-hydrogen) atoms. The molecule has 0 rings (SSSR count). The first kappa shape index (κ1) is 11.1. The van der Waals surface area contributed by atoms with E-state index in [1.54, 1.807) is 0 Å². The van der Waals surface area contributed by atoms with Crippen LogP contribution in [0.15, 0.2) is 0 Å². The van der Waals surface area contributed by atoms with E-state index in [2.05, 4.69) is 0 Å². The van der Waals surface area contributed by atoms with Gasteiger partial charge >= 0.3 is 11.9 Å². The second-order valence-electron chi connectivity index (χ2n) is 2.36. The Labute approximate surface area is 70.5 Å². The van der Waals surface area contributed by atoms with Crippen molar-refractivity contribution in [2.24, 2.45) is 0 Å². The van der Waals surface area contributed by atoms with Gasteiger partial charge in [-0.25, -0.2) is 4.21 Å². The van der Waals surface area contributed by atoms with Gasteiger partial charge < -0.3 is 14.8 Å². The molecule has 0 spiro atoms. The minimum Gasteiger partial charge on any atom is -0.481 e. The van der Waals surface area contributed by atoms with Gasteiger partial charge in [0.15, 0.2) is 15.8 Å². The van der Waals surface area contributed by atoms with E-state index >= 15 is 0 Å². The number of hydrogen-bond acceptors (Lipinski definition) is 3. The lowest BCUT2D eigenvalue weighted by molar-refractivity contribution is -0.146. The maximum atomic E-state index is 10.5. The zero-order valence-corrected chi connectivity index (χ0v) is 7.00. The molecule has 0 radical (unpaired) electrons. The summed E-state index contributed by atoms with van der Waals surface area (Å²) in [5.41, 5.74) is 0. The van der Waals surface area contributed by atoms with Crippen LogP contribution in [0.25, 0.3) is 0 Å². The molecule has 70 valence electrons. The van der Waals surface area contributed by atoms with Crippen molar-refractivity contribution in [1.82, 2.24) is 0 Å². The van der Waals surface area contributed by atoms with Crippen molar-refractivity contribution in [1.29, 1.82) is 0 Å². The average Bonchev–Trinajstić information content (AvgIpc) is 1.84. The Bertz CT molecular complexity index is 220. The van der Waals surface area contributed by atoms with Crippen LogP contribution in [0.2, 0.25) is 0 Å². The number of hydrogen-bond donors (Lipinski definition) is 3. The first-order valence-electron chi connectivity index (χ1n) is 2.87. The van der Waals surface area contributed by atoms with Crippen molar-refractivity contribution >= 4 is 23.0 Å². The van der Waals surface area contributed by atoms with Crippen molar-refractivity contribution in [2.75, 3.05) is 0 Å². The molecule has 2 unspecified atom stereocenters. The Morgan fingerprint density at radius 3 is 1.92 bits per heavy atom. The van der Waals surface area contributed by atoms with E-state index in [0.717, 1.165) is 6.92 Å². The lowest BCUT2D eigenvalue weighted by atomic mass is 10.1. The van der Waals surface area contributed by atoms with E-state index in [1.165, 1.54) is 0 Å². The molecule has 0 aromatic carbocycles. The number of rotatable bonds is 4. The molecule has 0 aliphatic carbocycles. The lowest BCUT2D eigenvalue weighted by Crippen LogP contribution is -2.41. The number of carbonyl (C=O) groups is 2. The van der Waals surface area contributed by atoms with Gasteiger partial charge in [0.05, 0.1) is 6.42 Å². The summed E-state index contributed by atoms with van der Waals surface area (Å²) in [5, 5.41) is 16.7. The highest BCUT2D eigenvalue weighted by atomic mass is 32.2. The van der Waals surface area contributed by atoms with E-state index in [9.17, 15) is 13.8 Å². The van der Waals surface area contributed by atoms with Crippen LogP contribution in [0.4, 0.5) is 0 Å². The van der Waals surface area contributed by atoms with Crippen molar-refractivity contribution in [2.45, 2.75) is 18.1 Å². The van der Waals surface area contributed by atoms with E-state index in [0.29, 0.717) is 0 Å². The number of aliphatic carboxylic acids is 2. The van der Waals surface area contributed by atoms with Gasteiger partial charge in [-0.15, -0.1) is 0 Å². The maximum Gasteiger partial charge on any atom is 0.325 e. The molecule has 3 N–H and O–H groups in total. The van der Waals surface area contributed by atoms with Crippen LogP contribution in [0.5, 0.6) is 0 Å². The van der Waals surface area contributed by atoms with E-state index in [1.807, 2.05) is 0 Å². The maximum absolute atomic E-state index is 10.5. The van der Waals surface area contributed by atoms with Gasteiger partial charge in [0.2, 0.25) is 0 Å². The highest BCUT2D eigenvalue weighted by molar-refractivity contribution is 7.81. The van der Waals surface area contributed by atoms with Crippen LogP contribution in [-0.4, -0.2) is 35.7 Å². The number of carboxylic acid groups (broad SMARTS) is 2. The third kappa shape index (κ3) is 2.28.